The molecule has 156 valence electrons. The van der Waals surface area contributed by atoms with Crippen LogP contribution in [0, 0.1) is 6.92 Å². The number of aliphatic imine (C=N–C) groups is 1. The minimum atomic E-state index is -0.195. The number of amidine groups is 1. The van der Waals surface area contributed by atoms with Crippen molar-refractivity contribution in [1.29, 1.82) is 0 Å². The minimum absolute atomic E-state index is 0.195. The van der Waals surface area contributed by atoms with Crippen LogP contribution >= 0.6 is 11.8 Å². The summed E-state index contributed by atoms with van der Waals surface area (Å²) in [5, 5.41) is 0.788. The fraction of sp³-hybridized carbons (Fsp3) is 0.200. The highest BCUT2D eigenvalue weighted by atomic mass is 32.2. The maximum atomic E-state index is 12.5. The molecule has 3 aromatic rings. The Hall–Kier alpha value is -3.25. The Labute approximate surface area is 186 Å². The van der Waals surface area contributed by atoms with Gasteiger partial charge < -0.3 is 14.2 Å². The van der Waals surface area contributed by atoms with E-state index < -0.39 is 0 Å². The van der Waals surface area contributed by atoms with Gasteiger partial charge in [0.1, 0.15) is 11.5 Å². The molecule has 0 atom stereocenters. The number of para-hydroxylation sites is 1. The second-order valence-electron chi connectivity index (χ2n) is 7.64. The molecule has 5 rings (SSSR count). The quantitative estimate of drug-likeness (QED) is 0.546. The molecule has 0 N–H and O–H groups in total. The summed E-state index contributed by atoms with van der Waals surface area (Å²) >= 11 is 1.43. The lowest BCUT2D eigenvalue weighted by molar-refractivity contribution is -0.113. The van der Waals surface area contributed by atoms with Gasteiger partial charge in [0.15, 0.2) is 5.17 Å². The van der Waals surface area contributed by atoms with Crippen LogP contribution in [0.25, 0.3) is 17.4 Å². The predicted octanol–water partition coefficient (Wildman–Crippen LogP) is 5.05. The van der Waals surface area contributed by atoms with Gasteiger partial charge in [-0.2, -0.15) is 4.99 Å². The van der Waals surface area contributed by atoms with E-state index in [4.69, 9.17) is 4.42 Å². The lowest BCUT2D eigenvalue weighted by Crippen LogP contribution is -2.48. The third-order valence-electron chi connectivity index (χ3n) is 5.57. The Kier molecular flexibility index (Phi) is 5.38. The van der Waals surface area contributed by atoms with Crippen molar-refractivity contribution in [3.8, 4) is 11.3 Å². The molecule has 0 unspecified atom stereocenters. The number of thioether (sulfide) groups is 1. The number of rotatable bonds is 3. The lowest BCUT2D eigenvalue weighted by atomic mass is 10.1. The number of hydrogen-bond acceptors (Lipinski definition) is 5. The largest absolute Gasteiger partial charge is 0.457 e. The standard InChI is InChI=1S/C25H23N3O2S/c1-18-7-5-6-10-21(18)27-13-15-28(16-14-27)25-26-24(29)23(31-25)17-20-11-12-22(30-20)19-8-3-2-4-9-19/h2-12,17H,13-16H2,1H3. The molecule has 3 heterocycles. The fourth-order valence-corrected chi connectivity index (χ4v) is 4.85. The van der Waals surface area contributed by atoms with E-state index in [1.54, 1.807) is 6.08 Å². The molecule has 1 amide bonds. The Bertz CT molecular complexity index is 1160. The second kappa shape index (κ2) is 8.47. The Morgan fingerprint density at radius 3 is 2.39 bits per heavy atom. The highest BCUT2D eigenvalue weighted by Crippen LogP contribution is 2.32. The molecule has 0 radical (unpaired) electrons. The number of piperazine rings is 1. The van der Waals surface area contributed by atoms with Gasteiger partial charge in [-0.25, -0.2) is 0 Å². The molecule has 1 saturated heterocycles. The highest BCUT2D eigenvalue weighted by Gasteiger charge is 2.29. The number of carbonyl (C=O) groups is 1. The minimum Gasteiger partial charge on any atom is -0.457 e. The Morgan fingerprint density at radius 1 is 0.903 bits per heavy atom. The van der Waals surface area contributed by atoms with Crippen LogP contribution in [0.5, 0.6) is 0 Å². The molecule has 0 bridgehead atoms. The molecule has 1 aromatic heterocycles. The fourth-order valence-electron chi connectivity index (χ4n) is 3.91. The molecule has 2 aliphatic heterocycles. The number of amides is 1. The number of anilines is 1. The van der Waals surface area contributed by atoms with E-state index in [0.29, 0.717) is 10.7 Å². The van der Waals surface area contributed by atoms with Crippen molar-refractivity contribution in [3.05, 3.63) is 83.0 Å². The van der Waals surface area contributed by atoms with Crippen molar-refractivity contribution in [2.45, 2.75) is 6.92 Å². The SMILES string of the molecule is Cc1ccccc1N1CCN(C2=NC(=O)C(=Cc3ccc(-c4ccccc4)o3)S2)CC1. The summed E-state index contributed by atoms with van der Waals surface area (Å²) in [6, 6.07) is 22.2. The summed E-state index contributed by atoms with van der Waals surface area (Å²) in [6.07, 6.45) is 1.79. The second-order valence-corrected chi connectivity index (χ2v) is 8.65. The molecule has 2 aliphatic rings. The van der Waals surface area contributed by atoms with Crippen LogP contribution in [0.1, 0.15) is 11.3 Å². The van der Waals surface area contributed by atoms with Crippen molar-refractivity contribution in [2.24, 2.45) is 4.99 Å². The van der Waals surface area contributed by atoms with Crippen LogP contribution in [-0.4, -0.2) is 42.2 Å². The maximum absolute atomic E-state index is 12.5. The number of hydrogen-bond donors (Lipinski definition) is 0. The van der Waals surface area contributed by atoms with Crippen molar-refractivity contribution in [3.63, 3.8) is 0 Å². The van der Waals surface area contributed by atoms with E-state index in [-0.39, 0.29) is 5.91 Å². The summed E-state index contributed by atoms with van der Waals surface area (Å²) in [5.41, 5.74) is 3.59. The average molecular weight is 430 g/mol. The Balaban J connectivity index is 1.24. The molecule has 31 heavy (non-hydrogen) atoms. The van der Waals surface area contributed by atoms with E-state index in [0.717, 1.165) is 42.7 Å². The first-order valence-corrected chi connectivity index (χ1v) is 11.2. The maximum Gasteiger partial charge on any atom is 0.286 e. The number of nitrogens with zero attached hydrogens (tertiary/aromatic N) is 3. The molecule has 0 spiro atoms. The van der Waals surface area contributed by atoms with E-state index in [1.165, 1.54) is 23.0 Å². The smallest absolute Gasteiger partial charge is 0.286 e. The van der Waals surface area contributed by atoms with Crippen molar-refractivity contribution in [1.82, 2.24) is 4.90 Å². The van der Waals surface area contributed by atoms with Gasteiger partial charge >= 0.3 is 0 Å². The predicted molar refractivity (Wildman–Crippen MR) is 127 cm³/mol. The molecule has 2 aromatic carbocycles. The summed E-state index contributed by atoms with van der Waals surface area (Å²) < 4.78 is 5.92. The van der Waals surface area contributed by atoms with E-state index in [1.807, 2.05) is 42.5 Å². The molecule has 1 fully saturated rings. The molecule has 5 nitrogen and oxygen atoms in total. The van der Waals surface area contributed by atoms with Gasteiger partial charge in [0.2, 0.25) is 0 Å². The molecular formula is C25H23N3O2S. The van der Waals surface area contributed by atoms with Crippen LogP contribution in [0.2, 0.25) is 0 Å². The zero-order chi connectivity index (χ0) is 21.2. The normalized spacial score (nSPS) is 18.0. The van der Waals surface area contributed by atoms with Gasteiger partial charge in [-0.15, -0.1) is 0 Å². The third kappa shape index (κ3) is 4.16. The van der Waals surface area contributed by atoms with E-state index in [2.05, 4.69) is 46.0 Å². The van der Waals surface area contributed by atoms with Crippen LogP contribution in [-0.2, 0) is 4.79 Å². The van der Waals surface area contributed by atoms with Gasteiger partial charge in [0, 0.05) is 43.5 Å². The van der Waals surface area contributed by atoms with Gasteiger partial charge in [-0.05, 0) is 42.4 Å². The summed E-state index contributed by atoms with van der Waals surface area (Å²) in [4.78, 5) is 22.0. The van der Waals surface area contributed by atoms with Crippen LogP contribution in [0.3, 0.4) is 0 Å². The highest BCUT2D eigenvalue weighted by molar-refractivity contribution is 8.18. The molecule has 0 saturated carbocycles. The van der Waals surface area contributed by atoms with Gasteiger partial charge in [-0.3, -0.25) is 4.79 Å². The summed E-state index contributed by atoms with van der Waals surface area (Å²) in [7, 11) is 0. The molecular weight excluding hydrogens is 406 g/mol. The van der Waals surface area contributed by atoms with Gasteiger partial charge in [-0.1, -0.05) is 48.5 Å². The number of benzene rings is 2. The third-order valence-corrected chi connectivity index (χ3v) is 6.62. The zero-order valence-electron chi connectivity index (χ0n) is 17.3. The van der Waals surface area contributed by atoms with Crippen molar-refractivity contribution in [2.75, 3.05) is 31.1 Å². The van der Waals surface area contributed by atoms with Gasteiger partial charge in [0.25, 0.3) is 5.91 Å². The lowest BCUT2D eigenvalue weighted by Gasteiger charge is -2.37. The number of carbonyl (C=O) groups excluding carboxylic acids is 1. The first-order valence-electron chi connectivity index (χ1n) is 10.4. The topological polar surface area (TPSA) is 49.0 Å². The summed E-state index contributed by atoms with van der Waals surface area (Å²) in [6.45, 7) is 5.66. The Morgan fingerprint density at radius 2 is 1.61 bits per heavy atom. The number of aryl methyl sites for hydroxylation is 1. The van der Waals surface area contributed by atoms with Crippen LogP contribution in [0.4, 0.5) is 5.69 Å². The van der Waals surface area contributed by atoms with Crippen LogP contribution in [0.15, 0.2) is 81.0 Å². The van der Waals surface area contributed by atoms with E-state index >= 15 is 0 Å². The average Bonchev–Trinajstić information content (AvgIpc) is 3.42. The number of furan rings is 1. The monoisotopic (exact) mass is 429 g/mol. The van der Waals surface area contributed by atoms with Crippen LogP contribution < -0.4 is 4.90 Å². The summed E-state index contributed by atoms with van der Waals surface area (Å²) in [5.74, 6) is 1.26. The first kappa shape index (κ1) is 19.7. The van der Waals surface area contributed by atoms with Crippen molar-refractivity contribution >= 4 is 34.6 Å². The first-order chi connectivity index (χ1) is 15.2. The zero-order valence-corrected chi connectivity index (χ0v) is 18.1. The molecule has 0 aliphatic carbocycles. The molecule has 6 heteroatoms. The van der Waals surface area contributed by atoms with Crippen molar-refractivity contribution < 1.29 is 9.21 Å². The van der Waals surface area contributed by atoms with Gasteiger partial charge in [0.05, 0.1) is 4.91 Å². The van der Waals surface area contributed by atoms with E-state index in [9.17, 15) is 4.79 Å².